The molecule has 5 nitrogen and oxygen atoms in total. The molecule has 0 aliphatic heterocycles. The molecule has 2 rings (SSSR count). The number of aliphatic carboxylic acids is 1. The summed E-state index contributed by atoms with van der Waals surface area (Å²) in [7, 11) is 0. The number of carboxylic acid groups (broad SMARTS) is 1. The fourth-order valence-electron chi connectivity index (χ4n) is 3.53. The van der Waals surface area contributed by atoms with Gasteiger partial charge < -0.3 is 10.0 Å². The molecular weight excluding hydrogens is 268 g/mol. The van der Waals surface area contributed by atoms with Gasteiger partial charge in [0.15, 0.2) is 0 Å². The van der Waals surface area contributed by atoms with E-state index in [0.717, 1.165) is 44.9 Å². The van der Waals surface area contributed by atoms with Crippen LogP contribution in [0.5, 0.6) is 0 Å². The molecule has 0 atom stereocenters. The highest BCUT2D eigenvalue weighted by molar-refractivity contribution is 5.79. The summed E-state index contributed by atoms with van der Waals surface area (Å²) in [6, 6.07) is 2.38. The van der Waals surface area contributed by atoms with Crippen molar-refractivity contribution in [2.24, 2.45) is 5.41 Å². The minimum Gasteiger partial charge on any atom is -0.481 e. The van der Waals surface area contributed by atoms with Crippen LogP contribution in [0.2, 0.25) is 0 Å². The highest BCUT2D eigenvalue weighted by Crippen LogP contribution is 2.43. The van der Waals surface area contributed by atoms with Crippen molar-refractivity contribution in [3.05, 3.63) is 0 Å². The molecule has 0 saturated heterocycles. The van der Waals surface area contributed by atoms with Crippen molar-refractivity contribution in [1.29, 1.82) is 5.26 Å². The first-order valence-corrected chi connectivity index (χ1v) is 7.94. The van der Waals surface area contributed by atoms with Crippen LogP contribution in [0, 0.1) is 16.7 Å². The first-order valence-electron chi connectivity index (χ1n) is 7.94. The van der Waals surface area contributed by atoms with Crippen LogP contribution in [0.3, 0.4) is 0 Å². The van der Waals surface area contributed by atoms with Gasteiger partial charge in [-0.1, -0.05) is 19.3 Å². The second-order valence-electron chi connectivity index (χ2n) is 6.53. The van der Waals surface area contributed by atoms with Crippen molar-refractivity contribution >= 4 is 11.9 Å². The number of hydrogen-bond donors (Lipinski definition) is 1. The lowest BCUT2D eigenvalue weighted by Gasteiger charge is -2.37. The van der Waals surface area contributed by atoms with E-state index in [2.05, 4.69) is 6.07 Å². The van der Waals surface area contributed by atoms with Crippen molar-refractivity contribution in [3.63, 3.8) is 0 Å². The Hall–Kier alpha value is -1.57. The van der Waals surface area contributed by atoms with E-state index in [4.69, 9.17) is 5.26 Å². The number of amides is 1. The second kappa shape index (κ2) is 6.93. The van der Waals surface area contributed by atoms with Gasteiger partial charge >= 0.3 is 5.97 Å². The van der Waals surface area contributed by atoms with Gasteiger partial charge in [-0.3, -0.25) is 9.59 Å². The third-order valence-electron chi connectivity index (χ3n) is 4.74. The van der Waals surface area contributed by atoms with Gasteiger partial charge in [-0.05, 0) is 31.1 Å². The normalized spacial score (nSPS) is 20.5. The average Bonchev–Trinajstić information content (AvgIpc) is 3.23. The number of hydrogen-bond acceptors (Lipinski definition) is 3. The fourth-order valence-corrected chi connectivity index (χ4v) is 3.53. The molecule has 2 aliphatic rings. The molecule has 0 radical (unpaired) electrons. The largest absolute Gasteiger partial charge is 0.481 e. The van der Waals surface area contributed by atoms with Gasteiger partial charge in [0.2, 0.25) is 5.91 Å². The highest BCUT2D eigenvalue weighted by atomic mass is 16.4. The number of carbonyl (C=O) groups excluding carboxylic acids is 1. The number of carboxylic acids is 1. The molecule has 2 fully saturated rings. The van der Waals surface area contributed by atoms with E-state index in [1.165, 1.54) is 0 Å². The van der Waals surface area contributed by atoms with Crippen LogP contribution in [0.15, 0.2) is 0 Å². The molecule has 0 aromatic heterocycles. The van der Waals surface area contributed by atoms with Crippen LogP contribution in [0.1, 0.15) is 64.2 Å². The van der Waals surface area contributed by atoms with Crippen LogP contribution >= 0.6 is 0 Å². The summed E-state index contributed by atoms with van der Waals surface area (Å²) in [5.41, 5.74) is -0.360. The summed E-state index contributed by atoms with van der Waals surface area (Å²) in [6.07, 6.45) is 7.65. The van der Waals surface area contributed by atoms with E-state index < -0.39 is 5.97 Å². The molecule has 2 saturated carbocycles. The van der Waals surface area contributed by atoms with E-state index in [9.17, 15) is 14.7 Å². The van der Waals surface area contributed by atoms with Gasteiger partial charge in [0.05, 0.1) is 18.9 Å². The Morgan fingerprint density at radius 1 is 1.19 bits per heavy atom. The maximum Gasteiger partial charge on any atom is 0.303 e. The molecule has 21 heavy (non-hydrogen) atoms. The summed E-state index contributed by atoms with van der Waals surface area (Å²) in [4.78, 5) is 25.6. The topological polar surface area (TPSA) is 81.4 Å². The Morgan fingerprint density at radius 3 is 2.38 bits per heavy atom. The van der Waals surface area contributed by atoms with Crippen LogP contribution in [0.4, 0.5) is 0 Å². The maximum absolute atomic E-state index is 12.6. The molecule has 2 aliphatic carbocycles. The summed E-state index contributed by atoms with van der Waals surface area (Å²) >= 11 is 0. The van der Waals surface area contributed by atoms with Gasteiger partial charge in [-0.2, -0.15) is 5.26 Å². The third kappa shape index (κ3) is 4.45. The van der Waals surface area contributed by atoms with Gasteiger partial charge in [0, 0.05) is 19.0 Å². The van der Waals surface area contributed by atoms with E-state index >= 15 is 0 Å². The molecule has 116 valence electrons. The summed E-state index contributed by atoms with van der Waals surface area (Å²) < 4.78 is 0. The molecule has 5 heteroatoms. The van der Waals surface area contributed by atoms with Gasteiger partial charge in [0.25, 0.3) is 0 Å². The first kappa shape index (κ1) is 15.8. The minimum absolute atomic E-state index is 0.0518. The van der Waals surface area contributed by atoms with Crippen molar-refractivity contribution in [1.82, 2.24) is 4.90 Å². The Labute approximate surface area is 125 Å². The lowest BCUT2D eigenvalue weighted by atomic mass is 9.69. The average molecular weight is 292 g/mol. The third-order valence-corrected chi connectivity index (χ3v) is 4.74. The number of rotatable bonds is 7. The van der Waals surface area contributed by atoms with Crippen LogP contribution in [-0.4, -0.2) is 34.5 Å². The van der Waals surface area contributed by atoms with Crippen molar-refractivity contribution in [2.75, 3.05) is 6.54 Å². The molecule has 0 bridgehead atoms. The second-order valence-corrected chi connectivity index (χ2v) is 6.53. The molecule has 1 amide bonds. The number of carbonyl (C=O) groups is 2. The van der Waals surface area contributed by atoms with Crippen molar-refractivity contribution in [3.8, 4) is 6.07 Å². The molecule has 0 aromatic carbocycles. The zero-order valence-electron chi connectivity index (χ0n) is 12.5. The number of nitrogens with zero attached hydrogens (tertiary/aromatic N) is 2. The predicted molar refractivity (Wildman–Crippen MR) is 77.4 cm³/mol. The molecule has 0 unspecified atom stereocenters. The SMILES string of the molecule is N#CCCN(C(=O)CC1(CC(=O)O)CCCCC1)C1CC1. The van der Waals surface area contributed by atoms with Gasteiger partial charge in [-0.15, -0.1) is 0 Å². The monoisotopic (exact) mass is 292 g/mol. The fraction of sp³-hybridized carbons (Fsp3) is 0.812. The van der Waals surface area contributed by atoms with E-state index in [0.29, 0.717) is 19.4 Å². The predicted octanol–water partition coefficient (Wildman–Crippen LogP) is 2.71. The van der Waals surface area contributed by atoms with Gasteiger partial charge in [-0.25, -0.2) is 0 Å². The van der Waals surface area contributed by atoms with E-state index in [1.807, 2.05) is 4.90 Å². The van der Waals surface area contributed by atoms with E-state index in [1.54, 1.807) is 0 Å². The lowest BCUT2D eigenvalue weighted by molar-refractivity contribution is -0.142. The van der Waals surface area contributed by atoms with Crippen molar-refractivity contribution in [2.45, 2.75) is 70.3 Å². The standard InChI is InChI=1S/C16H24N2O3/c17-9-4-10-18(13-5-6-13)14(19)11-16(12-15(20)21)7-2-1-3-8-16/h13H,1-8,10-12H2,(H,20,21). The molecular formula is C16H24N2O3. The van der Waals surface area contributed by atoms with Gasteiger partial charge in [0.1, 0.15) is 0 Å². The Balaban J connectivity index is 2.02. The maximum atomic E-state index is 12.6. The first-order chi connectivity index (χ1) is 10.1. The zero-order valence-corrected chi connectivity index (χ0v) is 12.5. The lowest BCUT2D eigenvalue weighted by Crippen LogP contribution is -2.39. The number of nitriles is 1. The molecule has 0 aromatic rings. The minimum atomic E-state index is -0.806. The van der Waals surface area contributed by atoms with Crippen LogP contribution < -0.4 is 0 Å². The van der Waals surface area contributed by atoms with Crippen LogP contribution in [0.25, 0.3) is 0 Å². The molecule has 0 heterocycles. The van der Waals surface area contributed by atoms with Crippen molar-refractivity contribution < 1.29 is 14.7 Å². The smallest absolute Gasteiger partial charge is 0.303 e. The van der Waals surface area contributed by atoms with E-state index in [-0.39, 0.29) is 23.8 Å². The highest BCUT2D eigenvalue weighted by Gasteiger charge is 2.40. The molecule has 1 N–H and O–H groups in total. The quantitative estimate of drug-likeness (QED) is 0.782. The summed E-state index contributed by atoms with van der Waals surface area (Å²) in [6.45, 7) is 0.489. The molecule has 0 spiro atoms. The van der Waals surface area contributed by atoms with Crippen LogP contribution in [-0.2, 0) is 9.59 Å². The Morgan fingerprint density at radius 2 is 1.86 bits per heavy atom. The zero-order chi connectivity index (χ0) is 15.3. The summed E-state index contributed by atoms with van der Waals surface area (Å²) in [5, 5.41) is 17.9. The Kier molecular flexibility index (Phi) is 5.22. The Bertz CT molecular complexity index is 431. The summed E-state index contributed by atoms with van der Waals surface area (Å²) in [5.74, 6) is -0.754.